The van der Waals surface area contributed by atoms with Gasteiger partial charge in [-0.1, -0.05) is 6.92 Å². The van der Waals surface area contributed by atoms with Crippen LogP contribution in [-0.4, -0.2) is 61.8 Å². The number of nitrogens with zero attached hydrogens (tertiary/aromatic N) is 3. The monoisotopic (exact) mass is 268 g/mol. The van der Waals surface area contributed by atoms with Crippen molar-refractivity contribution in [1.29, 1.82) is 0 Å². The number of likely N-dealkylation sites (N-methyl/N-ethyl adjacent to an activating group) is 1. The second kappa shape index (κ2) is 7.25. The number of carbonyl (C=O) groups is 1. The first-order valence-electron chi connectivity index (χ1n) is 6.44. The number of hydrogen-bond acceptors (Lipinski definition) is 5. The van der Waals surface area contributed by atoms with E-state index >= 15 is 0 Å². The van der Waals surface area contributed by atoms with Crippen molar-refractivity contribution in [3.8, 4) is 5.75 Å². The molecule has 0 spiro atoms. The van der Waals surface area contributed by atoms with Gasteiger partial charge in [0.05, 0.1) is 19.9 Å². The van der Waals surface area contributed by atoms with Gasteiger partial charge in [0.2, 0.25) is 0 Å². The van der Waals surface area contributed by atoms with Crippen molar-refractivity contribution in [2.75, 3.05) is 41.3 Å². The van der Waals surface area contributed by atoms with Gasteiger partial charge in [-0.2, -0.15) is 5.10 Å². The molecule has 1 unspecified atom stereocenters. The maximum Gasteiger partial charge on any atom is 0.188 e. The van der Waals surface area contributed by atoms with Gasteiger partial charge in [-0.25, -0.2) is 0 Å². The molecule has 6 nitrogen and oxygen atoms in total. The Morgan fingerprint density at radius 1 is 1.58 bits per heavy atom. The fourth-order valence-corrected chi connectivity index (χ4v) is 1.86. The number of aromatic nitrogens is 2. The number of Topliss-reactive ketones (excluding diaryl/α,β-unsaturated/α-hetero) is 1. The van der Waals surface area contributed by atoms with Gasteiger partial charge in [0.25, 0.3) is 0 Å². The highest BCUT2D eigenvalue weighted by Gasteiger charge is 2.23. The van der Waals surface area contributed by atoms with Gasteiger partial charge in [-0.3, -0.25) is 9.48 Å². The van der Waals surface area contributed by atoms with E-state index in [2.05, 4.69) is 15.3 Å². The molecule has 6 heteroatoms. The summed E-state index contributed by atoms with van der Waals surface area (Å²) in [7, 11) is 7.38. The minimum atomic E-state index is -0.103. The zero-order valence-electron chi connectivity index (χ0n) is 12.4. The fraction of sp³-hybridized carbons (Fsp3) is 0.692. The molecule has 108 valence electrons. The molecule has 1 aromatic rings. The van der Waals surface area contributed by atoms with E-state index in [0.29, 0.717) is 24.5 Å². The highest BCUT2D eigenvalue weighted by atomic mass is 16.5. The highest BCUT2D eigenvalue weighted by Crippen LogP contribution is 2.21. The lowest BCUT2D eigenvalue weighted by molar-refractivity contribution is 0.0915. The van der Waals surface area contributed by atoms with E-state index in [1.807, 2.05) is 28.1 Å². The Bertz CT molecular complexity index is 415. The van der Waals surface area contributed by atoms with Crippen LogP contribution in [0.4, 0.5) is 0 Å². The summed E-state index contributed by atoms with van der Waals surface area (Å²) in [6.45, 7) is 4.04. The van der Waals surface area contributed by atoms with Gasteiger partial charge in [0.1, 0.15) is 5.69 Å². The molecule has 0 aromatic carbocycles. The van der Waals surface area contributed by atoms with Crippen LogP contribution in [-0.2, 0) is 6.54 Å². The summed E-state index contributed by atoms with van der Waals surface area (Å²) in [5, 5.41) is 7.26. The SMILES string of the molecule is CNCC(C)C(=O)c1c(OC)cnn1CCN(C)C. The van der Waals surface area contributed by atoms with Gasteiger partial charge < -0.3 is 15.0 Å². The summed E-state index contributed by atoms with van der Waals surface area (Å²) in [5.74, 6) is 0.503. The van der Waals surface area contributed by atoms with Gasteiger partial charge >= 0.3 is 0 Å². The van der Waals surface area contributed by atoms with Crippen molar-refractivity contribution >= 4 is 5.78 Å². The molecule has 0 saturated carbocycles. The van der Waals surface area contributed by atoms with Crippen LogP contribution in [0.1, 0.15) is 17.4 Å². The number of hydrogen-bond donors (Lipinski definition) is 1. The molecule has 1 atom stereocenters. The van der Waals surface area contributed by atoms with Crippen LogP contribution < -0.4 is 10.1 Å². The Labute approximate surface area is 114 Å². The zero-order chi connectivity index (χ0) is 14.4. The summed E-state index contributed by atoms with van der Waals surface area (Å²) in [6.07, 6.45) is 1.61. The number of ketones is 1. The summed E-state index contributed by atoms with van der Waals surface area (Å²) >= 11 is 0. The quantitative estimate of drug-likeness (QED) is 0.695. The minimum absolute atomic E-state index is 0.0578. The minimum Gasteiger partial charge on any atom is -0.493 e. The van der Waals surface area contributed by atoms with Crippen LogP contribution in [0.2, 0.25) is 0 Å². The topological polar surface area (TPSA) is 59.4 Å². The van der Waals surface area contributed by atoms with Crippen molar-refractivity contribution < 1.29 is 9.53 Å². The summed E-state index contributed by atoms with van der Waals surface area (Å²) in [5.41, 5.74) is 0.562. The molecule has 1 rings (SSSR count). The van der Waals surface area contributed by atoms with Gasteiger partial charge in [-0.05, 0) is 21.1 Å². The second-order valence-corrected chi connectivity index (χ2v) is 4.91. The molecule has 0 amide bonds. The molecule has 0 aliphatic carbocycles. The van der Waals surface area contributed by atoms with Gasteiger partial charge in [0, 0.05) is 19.0 Å². The molecule has 0 radical (unpaired) electrons. The van der Waals surface area contributed by atoms with Crippen molar-refractivity contribution in [1.82, 2.24) is 20.0 Å². The van der Waals surface area contributed by atoms with E-state index in [1.165, 1.54) is 0 Å². The Kier molecular flexibility index (Phi) is 5.98. The molecule has 1 N–H and O–H groups in total. The Morgan fingerprint density at radius 3 is 2.79 bits per heavy atom. The van der Waals surface area contributed by atoms with Crippen LogP contribution in [0, 0.1) is 5.92 Å². The first-order chi connectivity index (χ1) is 9.01. The van der Waals surface area contributed by atoms with Crippen LogP contribution in [0.15, 0.2) is 6.20 Å². The van der Waals surface area contributed by atoms with Crippen molar-refractivity contribution in [3.05, 3.63) is 11.9 Å². The van der Waals surface area contributed by atoms with E-state index in [1.54, 1.807) is 18.0 Å². The molecule has 0 bridgehead atoms. The summed E-state index contributed by atoms with van der Waals surface area (Å²) < 4.78 is 6.97. The van der Waals surface area contributed by atoms with E-state index in [0.717, 1.165) is 6.54 Å². The highest BCUT2D eigenvalue weighted by molar-refractivity contribution is 5.98. The first kappa shape index (κ1) is 15.7. The van der Waals surface area contributed by atoms with E-state index in [4.69, 9.17) is 4.74 Å². The van der Waals surface area contributed by atoms with Crippen molar-refractivity contribution in [2.45, 2.75) is 13.5 Å². The van der Waals surface area contributed by atoms with Gasteiger partial charge in [0.15, 0.2) is 11.5 Å². The lowest BCUT2D eigenvalue weighted by Crippen LogP contribution is -2.27. The maximum atomic E-state index is 12.4. The number of carbonyl (C=O) groups excluding carboxylic acids is 1. The molecule has 0 fully saturated rings. The van der Waals surface area contributed by atoms with Gasteiger partial charge in [-0.15, -0.1) is 0 Å². The third kappa shape index (κ3) is 4.04. The van der Waals surface area contributed by atoms with E-state index < -0.39 is 0 Å². The Hall–Kier alpha value is -1.40. The zero-order valence-corrected chi connectivity index (χ0v) is 12.4. The van der Waals surface area contributed by atoms with Crippen LogP contribution >= 0.6 is 0 Å². The summed E-state index contributed by atoms with van der Waals surface area (Å²) in [4.78, 5) is 14.5. The standard InChI is InChI=1S/C13H24N4O2/c1-10(8-14-2)13(18)12-11(19-5)9-15-17(12)7-6-16(3)4/h9-10,14H,6-8H2,1-5H3. The lowest BCUT2D eigenvalue weighted by Gasteiger charge is -2.14. The van der Waals surface area contributed by atoms with Crippen molar-refractivity contribution in [3.63, 3.8) is 0 Å². The first-order valence-corrected chi connectivity index (χ1v) is 6.44. The molecule has 1 heterocycles. The molecule has 1 aromatic heterocycles. The normalized spacial score (nSPS) is 12.7. The average molecular weight is 268 g/mol. The Morgan fingerprint density at radius 2 is 2.26 bits per heavy atom. The number of ether oxygens (including phenoxy) is 1. The predicted octanol–water partition coefficient (Wildman–Crippen LogP) is 0.492. The fourth-order valence-electron chi connectivity index (χ4n) is 1.86. The van der Waals surface area contributed by atoms with E-state index in [-0.39, 0.29) is 11.7 Å². The molecular formula is C13H24N4O2. The smallest absolute Gasteiger partial charge is 0.188 e. The number of methoxy groups -OCH3 is 1. The maximum absolute atomic E-state index is 12.4. The second-order valence-electron chi connectivity index (χ2n) is 4.91. The number of nitrogens with one attached hydrogen (secondary N) is 1. The molecule has 0 aliphatic rings. The molecule has 0 saturated heterocycles. The largest absolute Gasteiger partial charge is 0.493 e. The Balaban J connectivity index is 2.95. The van der Waals surface area contributed by atoms with Crippen molar-refractivity contribution in [2.24, 2.45) is 5.92 Å². The van der Waals surface area contributed by atoms with Crippen LogP contribution in [0.3, 0.4) is 0 Å². The van der Waals surface area contributed by atoms with Crippen LogP contribution in [0.5, 0.6) is 5.75 Å². The van der Waals surface area contributed by atoms with E-state index in [9.17, 15) is 4.79 Å². The number of rotatable bonds is 8. The lowest BCUT2D eigenvalue weighted by atomic mass is 10.0. The third-order valence-electron chi connectivity index (χ3n) is 2.98. The van der Waals surface area contributed by atoms with Crippen LogP contribution in [0.25, 0.3) is 0 Å². The molecule has 19 heavy (non-hydrogen) atoms. The summed E-state index contributed by atoms with van der Waals surface area (Å²) in [6, 6.07) is 0. The molecular weight excluding hydrogens is 244 g/mol. The predicted molar refractivity (Wildman–Crippen MR) is 74.8 cm³/mol. The average Bonchev–Trinajstić information content (AvgIpc) is 2.78. The molecule has 0 aliphatic heterocycles. The third-order valence-corrected chi connectivity index (χ3v) is 2.98.